The molecule has 1 heterocycles. The molecule has 0 amide bonds. The van der Waals surface area contributed by atoms with Crippen molar-refractivity contribution in [3.8, 4) is 0 Å². The second-order valence-electron chi connectivity index (χ2n) is 3.85. The van der Waals surface area contributed by atoms with Crippen molar-refractivity contribution in [3.63, 3.8) is 0 Å². The van der Waals surface area contributed by atoms with Gasteiger partial charge in [0.15, 0.2) is 5.78 Å². The number of carbonyl (C=O) groups is 1. The van der Waals surface area contributed by atoms with Gasteiger partial charge in [-0.3, -0.25) is 4.79 Å². The van der Waals surface area contributed by atoms with Gasteiger partial charge in [0.05, 0.1) is 5.56 Å². The SMILES string of the molecule is CC(C)(CN)C(=O)c1cccnc1N. The van der Waals surface area contributed by atoms with Crippen molar-refractivity contribution in [3.05, 3.63) is 23.9 Å². The molecule has 1 aromatic heterocycles. The average Bonchev–Trinajstić information content (AvgIpc) is 2.17. The van der Waals surface area contributed by atoms with Crippen molar-refractivity contribution in [2.24, 2.45) is 11.1 Å². The number of anilines is 1. The van der Waals surface area contributed by atoms with Gasteiger partial charge in [-0.2, -0.15) is 0 Å². The predicted molar refractivity (Wildman–Crippen MR) is 55.8 cm³/mol. The number of aromatic nitrogens is 1. The van der Waals surface area contributed by atoms with Gasteiger partial charge in [0.2, 0.25) is 0 Å². The minimum Gasteiger partial charge on any atom is -0.383 e. The van der Waals surface area contributed by atoms with E-state index in [1.807, 2.05) is 0 Å². The van der Waals surface area contributed by atoms with Crippen LogP contribution in [0.2, 0.25) is 0 Å². The van der Waals surface area contributed by atoms with Crippen LogP contribution in [0.1, 0.15) is 24.2 Å². The van der Waals surface area contributed by atoms with Gasteiger partial charge in [0, 0.05) is 18.2 Å². The lowest BCUT2D eigenvalue weighted by molar-refractivity contribution is 0.0848. The normalized spacial score (nSPS) is 11.4. The molecule has 0 aliphatic heterocycles. The van der Waals surface area contributed by atoms with Gasteiger partial charge in [-0.25, -0.2) is 4.98 Å². The van der Waals surface area contributed by atoms with Gasteiger partial charge >= 0.3 is 0 Å². The van der Waals surface area contributed by atoms with E-state index in [1.54, 1.807) is 32.2 Å². The Hall–Kier alpha value is -1.42. The van der Waals surface area contributed by atoms with Crippen LogP contribution in [0.25, 0.3) is 0 Å². The highest BCUT2D eigenvalue weighted by molar-refractivity contribution is 6.03. The highest BCUT2D eigenvalue weighted by Gasteiger charge is 2.28. The highest BCUT2D eigenvalue weighted by Crippen LogP contribution is 2.22. The van der Waals surface area contributed by atoms with Gasteiger partial charge in [0.25, 0.3) is 0 Å². The number of rotatable bonds is 3. The maximum atomic E-state index is 11.9. The number of nitrogens with two attached hydrogens (primary N) is 2. The lowest BCUT2D eigenvalue weighted by Gasteiger charge is -2.20. The van der Waals surface area contributed by atoms with E-state index >= 15 is 0 Å². The Morgan fingerprint density at radius 1 is 1.57 bits per heavy atom. The fraction of sp³-hybridized carbons (Fsp3) is 0.400. The topological polar surface area (TPSA) is 82.0 Å². The molecule has 0 aromatic carbocycles. The molecule has 4 heteroatoms. The summed E-state index contributed by atoms with van der Waals surface area (Å²) in [5.41, 5.74) is 11.0. The van der Waals surface area contributed by atoms with Gasteiger partial charge in [0.1, 0.15) is 5.82 Å². The Balaban J connectivity index is 3.07. The molecule has 4 N–H and O–H groups in total. The second kappa shape index (κ2) is 3.75. The minimum absolute atomic E-state index is 0.0643. The molecule has 4 nitrogen and oxygen atoms in total. The molecule has 76 valence electrons. The smallest absolute Gasteiger partial charge is 0.173 e. The molecule has 0 aliphatic rings. The van der Waals surface area contributed by atoms with Gasteiger partial charge in [-0.1, -0.05) is 13.8 Å². The Bertz CT molecular complexity index is 347. The molecule has 0 aliphatic carbocycles. The molecule has 14 heavy (non-hydrogen) atoms. The molecule has 0 spiro atoms. The molecule has 0 saturated carbocycles. The van der Waals surface area contributed by atoms with Crippen molar-refractivity contribution >= 4 is 11.6 Å². The molecule has 0 unspecified atom stereocenters. The monoisotopic (exact) mass is 193 g/mol. The van der Waals surface area contributed by atoms with Crippen LogP contribution in [-0.2, 0) is 0 Å². The van der Waals surface area contributed by atoms with Crippen LogP contribution in [0.3, 0.4) is 0 Å². The summed E-state index contributed by atoms with van der Waals surface area (Å²) in [6.45, 7) is 3.88. The van der Waals surface area contributed by atoms with E-state index in [1.165, 1.54) is 0 Å². The van der Waals surface area contributed by atoms with Crippen molar-refractivity contribution in [1.82, 2.24) is 4.98 Å². The maximum absolute atomic E-state index is 11.9. The van der Waals surface area contributed by atoms with Gasteiger partial charge in [-0.15, -0.1) is 0 Å². The van der Waals surface area contributed by atoms with E-state index in [9.17, 15) is 4.79 Å². The molecule has 1 rings (SSSR count). The number of ketones is 1. The lowest BCUT2D eigenvalue weighted by atomic mass is 9.84. The van der Waals surface area contributed by atoms with Gasteiger partial charge in [-0.05, 0) is 12.1 Å². The number of nitrogens with zero attached hydrogens (tertiary/aromatic N) is 1. The Morgan fingerprint density at radius 2 is 2.21 bits per heavy atom. The van der Waals surface area contributed by atoms with Crippen LogP contribution in [0, 0.1) is 5.41 Å². The standard InChI is InChI=1S/C10H15N3O/c1-10(2,6-11)8(14)7-4-3-5-13-9(7)12/h3-5H,6,11H2,1-2H3,(H2,12,13). The molecule has 0 saturated heterocycles. The molecule has 0 radical (unpaired) electrons. The van der Waals surface area contributed by atoms with E-state index in [0.717, 1.165) is 0 Å². The first-order valence-corrected chi connectivity index (χ1v) is 4.44. The summed E-state index contributed by atoms with van der Waals surface area (Å²) in [6.07, 6.45) is 1.56. The Labute approximate surface area is 83.3 Å². The van der Waals surface area contributed by atoms with E-state index in [4.69, 9.17) is 11.5 Å². The minimum atomic E-state index is -0.586. The Morgan fingerprint density at radius 3 is 2.71 bits per heavy atom. The molecular weight excluding hydrogens is 178 g/mol. The first-order chi connectivity index (χ1) is 6.49. The fourth-order valence-electron chi connectivity index (χ4n) is 1.07. The van der Waals surface area contributed by atoms with E-state index in [2.05, 4.69) is 4.98 Å². The predicted octanol–water partition coefficient (Wildman–Crippen LogP) is 0.831. The second-order valence-corrected chi connectivity index (χ2v) is 3.85. The summed E-state index contributed by atoms with van der Waals surface area (Å²) >= 11 is 0. The number of hydrogen-bond acceptors (Lipinski definition) is 4. The van der Waals surface area contributed by atoms with Crippen molar-refractivity contribution in [1.29, 1.82) is 0 Å². The summed E-state index contributed by atoms with van der Waals surface area (Å²) in [4.78, 5) is 15.8. The third-order valence-corrected chi connectivity index (χ3v) is 2.21. The van der Waals surface area contributed by atoms with Crippen molar-refractivity contribution in [2.45, 2.75) is 13.8 Å². The third kappa shape index (κ3) is 1.90. The lowest BCUT2D eigenvalue weighted by Crippen LogP contribution is -2.33. The van der Waals surface area contributed by atoms with Crippen LogP contribution < -0.4 is 11.5 Å². The third-order valence-electron chi connectivity index (χ3n) is 2.21. The Kier molecular flexibility index (Phi) is 2.86. The first kappa shape index (κ1) is 10.7. The summed E-state index contributed by atoms with van der Waals surface area (Å²) in [7, 11) is 0. The summed E-state index contributed by atoms with van der Waals surface area (Å²) in [6, 6.07) is 3.36. The van der Waals surface area contributed by atoms with Crippen molar-refractivity contribution < 1.29 is 4.79 Å². The highest BCUT2D eigenvalue weighted by atomic mass is 16.1. The average molecular weight is 193 g/mol. The van der Waals surface area contributed by atoms with Crippen LogP contribution in [-0.4, -0.2) is 17.3 Å². The fourth-order valence-corrected chi connectivity index (χ4v) is 1.07. The zero-order valence-corrected chi connectivity index (χ0v) is 8.45. The zero-order chi connectivity index (χ0) is 10.8. The van der Waals surface area contributed by atoms with Crippen molar-refractivity contribution in [2.75, 3.05) is 12.3 Å². The molecule has 0 atom stereocenters. The van der Waals surface area contributed by atoms with Crippen LogP contribution in [0.4, 0.5) is 5.82 Å². The van der Waals surface area contributed by atoms with Crippen LogP contribution in [0.15, 0.2) is 18.3 Å². The van der Waals surface area contributed by atoms with E-state index in [0.29, 0.717) is 12.1 Å². The largest absolute Gasteiger partial charge is 0.383 e. The summed E-state index contributed by atoms with van der Waals surface area (Å²) < 4.78 is 0. The molecule has 0 fully saturated rings. The van der Waals surface area contributed by atoms with Gasteiger partial charge < -0.3 is 11.5 Å². The summed E-state index contributed by atoms with van der Waals surface area (Å²) in [5, 5.41) is 0. The van der Waals surface area contributed by atoms with Crippen LogP contribution in [0.5, 0.6) is 0 Å². The quantitative estimate of drug-likeness (QED) is 0.696. The number of hydrogen-bond donors (Lipinski definition) is 2. The summed E-state index contributed by atoms with van der Waals surface area (Å²) in [5.74, 6) is 0.199. The van der Waals surface area contributed by atoms with E-state index < -0.39 is 5.41 Å². The molecule has 1 aromatic rings. The van der Waals surface area contributed by atoms with Crippen LogP contribution >= 0.6 is 0 Å². The first-order valence-electron chi connectivity index (χ1n) is 4.44. The molecular formula is C10H15N3O. The molecule has 0 bridgehead atoms. The number of pyridine rings is 1. The number of carbonyl (C=O) groups excluding carboxylic acids is 1. The van der Waals surface area contributed by atoms with E-state index in [-0.39, 0.29) is 11.6 Å². The number of nitrogen functional groups attached to an aromatic ring is 1. The maximum Gasteiger partial charge on any atom is 0.173 e. The zero-order valence-electron chi connectivity index (χ0n) is 8.45. The number of Topliss-reactive ketones (excluding diaryl/α,β-unsaturated/α-hetero) is 1.